The molecule has 0 saturated heterocycles. The molecule has 0 aliphatic heterocycles. The van der Waals surface area contributed by atoms with Crippen LogP contribution >= 0.6 is 11.3 Å². The number of likely N-dealkylation sites (N-methyl/N-ethyl adjacent to an activating group) is 1. The van der Waals surface area contributed by atoms with Crippen LogP contribution in [0.3, 0.4) is 0 Å². The molecule has 4 aromatic rings. The lowest BCUT2D eigenvalue weighted by Crippen LogP contribution is -2.41. The number of hydrogen-bond donors (Lipinski definition) is 4. The number of nitrogens with one attached hydrogen (secondary N) is 2. The Labute approximate surface area is 332 Å². The molecule has 5 rings (SSSR count). The summed E-state index contributed by atoms with van der Waals surface area (Å²) in [5.74, 6) is -2.69. The number of carboxylic acids is 2. The zero-order valence-corrected chi connectivity index (χ0v) is 33.3. The molecule has 0 atom stereocenters. The highest BCUT2D eigenvalue weighted by molar-refractivity contribution is 7.17. The Morgan fingerprint density at radius 2 is 1.41 bits per heavy atom. The molecule has 1 heterocycles. The van der Waals surface area contributed by atoms with Crippen molar-refractivity contribution in [3.8, 4) is 0 Å². The molecule has 56 heavy (non-hydrogen) atoms. The second-order valence-electron chi connectivity index (χ2n) is 14.4. The fraction of sp³-hybridized carbons (Fsp3) is 0.386. The third kappa shape index (κ3) is 11.4. The summed E-state index contributed by atoms with van der Waals surface area (Å²) in [6.07, 6.45) is 6.78. The fourth-order valence-electron chi connectivity index (χ4n) is 7.17. The van der Waals surface area contributed by atoms with Crippen LogP contribution in [0, 0.1) is 0 Å². The van der Waals surface area contributed by atoms with Gasteiger partial charge in [0.1, 0.15) is 5.00 Å². The van der Waals surface area contributed by atoms with Crippen molar-refractivity contribution in [3.63, 3.8) is 0 Å². The van der Waals surface area contributed by atoms with Crippen LogP contribution in [0.4, 0.5) is 10.7 Å². The van der Waals surface area contributed by atoms with Crippen LogP contribution in [0.2, 0.25) is 0 Å². The Morgan fingerprint density at radius 1 is 0.750 bits per heavy atom. The molecule has 1 aliphatic carbocycles. The van der Waals surface area contributed by atoms with E-state index in [0.29, 0.717) is 41.4 Å². The summed E-state index contributed by atoms with van der Waals surface area (Å²) in [5, 5.41) is 24.8. The van der Waals surface area contributed by atoms with Crippen LogP contribution in [-0.2, 0) is 41.8 Å². The number of fused-ring (bicyclic) bond motifs is 1. The minimum absolute atomic E-state index is 0.0331. The maximum absolute atomic E-state index is 13.9. The van der Waals surface area contributed by atoms with Crippen molar-refractivity contribution in [3.05, 3.63) is 117 Å². The summed E-state index contributed by atoms with van der Waals surface area (Å²) < 4.78 is 0. The van der Waals surface area contributed by atoms with Gasteiger partial charge in [0.05, 0.1) is 17.5 Å². The van der Waals surface area contributed by atoms with Gasteiger partial charge in [-0.3, -0.25) is 24.1 Å². The number of anilines is 2. The highest BCUT2D eigenvalue weighted by atomic mass is 32.1. The van der Waals surface area contributed by atoms with Gasteiger partial charge in [-0.1, -0.05) is 50.2 Å². The molecule has 0 bridgehead atoms. The second-order valence-corrected chi connectivity index (χ2v) is 15.5. The SMILES string of the molecule is CCC(CC)N(CCN(C)C(=O)CCC(=O)O)Cc1cccc(C(=O)Nc2sc3c(c2C(=O)Nc2ccc(CCc4ccc(C(=O)O)cc4)cc2)CCCC3)c1. The molecule has 0 spiro atoms. The molecule has 4 N–H and O–H groups in total. The summed E-state index contributed by atoms with van der Waals surface area (Å²) in [7, 11) is 1.70. The Balaban J connectivity index is 1.25. The molecule has 0 radical (unpaired) electrons. The van der Waals surface area contributed by atoms with E-state index in [2.05, 4.69) is 29.4 Å². The van der Waals surface area contributed by atoms with Crippen molar-refractivity contribution < 1.29 is 34.2 Å². The maximum Gasteiger partial charge on any atom is 0.335 e. The quantitative estimate of drug-likeness (QED) is 0.0748. The van der Waals surface area contributed by atoms with Crippen molar-refractivity contribution in [2.75, 3.05) is 30.8 Å². The largest absolute Gasteiger partial charge is 0.481 e. The van der Waals surface area contributed by atoms with E-state index in [9.17, 15) is 24.0 Å². The van der Waals surface area contributed by atoms with Crippen LogP contribution in [0.25, 0.3) is 0 Å². The first-order valence-corrected chi connectivity index (χ1v) is 20.2. The van der Waals surface area contributed by atoms with E-state index in [1.165, 1.54) is 11.3 Å². The monoisotopic (exact) mass is 780 g/mol. The van der Waals surface area contributed by atoms with Crippen molar-refractivity contribution in [2.45, 2.75) is 90.6 Å². The van der Waals surface area contributed by atoms with Gasteiger partial charge in [0.25, 0.3) is 11.8 Å². The van der Waals surface area contributed by atoms with Gasteiger partial charge in [0.2, 0.25) is 5.91 Å². The molecular formula is C44H52N4O7S. The number of aryl methyl sites for hydroxylation is 3. The van der Waals surface area contributed by atoms with E-state index in [-0.39, 0.29) is 42.2 Å². The summed E-state index contributed by atoms with van der Waals surface area (Å²) >= 11 is 1.48. The minimum atomic E-state index is -0.993. The summed E-state index contributed by atoms with van der Waals surface area (Å²) in [5.41, 5.74) is 6.01. The summed E-state index contributed by atoms with van der Waals surface area (Å²) in [6, 6.07) is 22.4. The summed E-state index contributed by atoms with van der Waals surface area (Å²) in [6.45, 7) is 5.89. The molecule has 12 heteroatoms. The molecule has 3 amide bonds. The molecule has 0 saturated carbocycles. The maximum atomic E-state index is 13.9. The summed E-state index contributed by atoms with van der Waals surface area (Å²) in [4.78, 5) is 67.3. The predicted molar refractivity (Wildman–Crippen MR) is 220 cm³/mol. The Hall–Kier alpha value is -5.33. The number of rotatable bonds is 19. The lowest BCUT2D eigenvalue weighted by molar-refractivity contribution is -0.140. The lowest BCUT2D eigenvalue weighted by Gasteiger charge is -2.32. The van der Waals surface area contributed by atoms with Crippen LogP contribution < -0.4 is 10.6 Å². The van der Waals surface area contributed by atoms with E-state index >= 15 is 0 Å². The van der Waals surface area contributed by atoms with E-state index in [1.54, 1.807) is 30.1 Å². The fourth-order valence-corrected chi connectivity index (χ4v) is 8.45. The molecule has 1 aromatic heterocycles. The van der Waals surface area contributed by atoms with E-state index in [0.717, 1.165) is 78.5 Å². The number of nitrogens with zero attached hydrogens (tertiary/aromatic N) is 2. The normalized spacial score (nSPS) is 12.3. The van der Waals surface area contributed by atoms with Gasteiger partial charge in [-0.15, -0.1) is 11.3 Å². The molecule has 0 fully saturated rings. The average Bonchev–Trinajstić information content (AvgIpc) is 3.57. The standard InChI is InChI=1S/C44H52N4O7S/c1-4-35(5-2)48(26-25-47(3)38(49)23-24-39(50)51)28-31-9-8-10-33(27-31)41(52)46-43-40(36-11-6-7-12-37(36)56-43)42(53)45-34-21-17-30(18-22-34)14-13-29-15-19-32(20-16-29)44(54)55/h8-10,15-22,27,35H,4-7,11-14,23-26,28H2,1-3H3,(H,45,53)(H,46,52)(H,50,51)(H,54,55). The predicted octanol–water partition coefficient (Wildman–Crippen LogP) is 7.93. The highest BCUT2D eigenvalue weighted by Gasteiger charge is 2.27. The van der Waals surface area contributed by atoms with Crippen molar-refractivity contribution in [1.82, 2.24) is 9.80 Å². The number of aromatic carboxylic acids is 1. The third-order valence-corrected chi connectivity index (χ3v) is 11.7. The van der Waals surface area contributed by atoms with E-state index < -0.39 is 11.9 Å². The smallest absolute Gasteiger partial charge is 0.335 e. The van der Waals surface area contributed by atoms with Crippen LogP contribution in [0.15, 0.2) is 72.8 Å². The van der Waals surface area contributed by atoms with Gasteiger partial charge in [-0.05, 0) is 110 Å². The Kier molecular flexibility index (Phi) is 14.9. The zero-order valence-electron chi connectivity index (χ0n) is 32.4. The number of hydrogen-bond acceptors (Lipinski definition) is 7. The van der Waals surface area contributed by atoms with Gasteiger partial charge in [-0.2, -0.15) is 0 Å². The van der Waals surface area contributed by atoms with E-state index in [4.69, 9.17) is 10.2 Å². The molecule has 1 aliphatic rings. The Morgan fingerprint density at radius 3 is 2.05 bits per heavy atom. The minimum Gasteiger partial charge on any atom is -0.481 e. The third-order valence-electron chi connectivity index (χ3n) is 10.5. The van der Waals surface area contributed by atoms with Gasteiger partial charge in [0, 0.05) is 55.3 Å². The average molecular weight is 781 g/mol. The molecule has 0 unspecified atom stereocenters. The van der Waals surface area contributed by atoms with Crippen LogP contribution in [0.5, 0.6) is 0 Å². The van der Waals surface area contributed by atoms with E-state index in [1.807, 2.05) is 54.6 Å². The number of amides is 3. The number of aliphatic carboxylic acids is 1. The lowest BCUT2D eigenvalue weighted by atomic mass is 9.95. The van der Waals surface area contributed by atoms with Crippen molar-refractivity contribution in [2.24, 2.45) is 0 Å². The number of carbonyl (C=O) groups is 5. The highest BCUT2D eigenvalue weighted by Crippen LogP contribution is 2.39. The first-order chi connectivity index (χ1) is 26.9. The van der Waals surface area contributed by atoms with Crippen molar-refractivity contribution in [1.29, 1.82) is 0 Å². The van der Waals surface area contributed by atoms with Crippen LogP contribution in [0.1, 0.15) is 111 Å². The van der Waals surface area contributed by atoms with Crippen molar-refractivity contribution >= 4 is 51.7 Å². The first kappa shape index (κ1) is 41.8. The van der Waals surface area contributed by atoms with Gasteiger partial charge >= 0.3 is 11.9 Å². The zero-order chi connectivity index (χ0) is 40.2. The van der Waals surface area contributed by atoms with Gasteiger partial charge in [-0.25, -0.2) is 4.79 Å². The number of benzene rings is 3. The number of carbonyl (C=O) groups excluding carboxylic acids is 3. The second kappa shape index (κ2) is 20.0. The molecular weight excluding hydrogens is 729 g/mol. The number of carboxylic acid groups (broad SMARTS) is 2. The molecule has 296 valence electrons. The van der Waals surface area contributed by atoms with Gasteiger partial charge < -0.3 is 25.7 Å². The molecule has 11 nitrogen and oxygen atoms in total. The first-order valence-electron chi connectivity index (χ1n) is 19.4. The topological polar surface area (TPSA) is 156 Å². The molecule has 3 aromatic carbocycles. The van der Waals surface area contributed by atoms with Gasteiger partial charge in [0.15, 0.2) is 0 Å². The van der Waals surface area contributed by atoms with Crippen LogP contribution in [-0.4, -0.2) is 75.9 Å². The number of thiophene rings is 1. The Bertz CT molecular complexity index is 2000.